The van der Waals surface area contributed by atoms with Gasteiger partial charge in [0.05, 0.1) is 12.8 Å². The van der Waals surface area contributed by atoms with Crippen molar-refractivity contribution in [2.75, 3.05) is 26.2 Å². The van der Waals surface area contributed by atoms with Crippen LogP contribution in [0.25, 0.3) is 11.6 Å². The smallest absolute Gasteiger partial charge is 0.242 e. The zero-order valence-corrected chi connectivity index (χ0v) is 20.7. The molecule has 11 heteroatoms. The maximum atomic E-state index is 12.7. The minimum atomic E-state index is 0. The van der Waals surface area contributed by atoms with Crippen molar-refractivity contribution in [1.82, 2.24) is 30.3 Å². The summed E-state index contributed by atoms with van der Waals surface area (Å²) in [6.07, 6.45) is 1.58. The largest absolute Gasteiger partial charge is 0.461 e. The van der Waals surface area contributed by atoms with E-state index in [-0.39, 0.29) is 36.4 Å². The number of aliphatic imine (C=N–C) groups is 1. The van der Waals surface area contributed by atoms with Crippen molar-refractivity contribution in [3.8, 4) is 11.6 Å². The van der Waals surface area contributed by atoms with Gasteiger partial charge in [-0.05, 0) is 36.8 Å². The molecule has 0 aliphatic carbocycles. The van der Waals surface area contributed by atoms with Gasteiger partial charge in [0.2, 0.25) is 11.7 Å². The second-order valence-corrected chi connectivity index (χ2v) is 7.55. The number of furan rings is 1. The number of piperazine rings is 1. The van der Waals surface area contributed by atoms with E-state index in [4.69, 9.17) is 16.0 Å². The van der Waals surface area contributed by atoms with Gasteiger partial charge in [-0.3, -0.25) is 9.89 Å². The van der Waals surface area contributed by atoms with E-state index in [1.807, 2.05) is 41.0 Å². The number of guanidine groups is 1. The normalized spacial score (nSPS) is 14.4. The Morgan fingerprint density at radius 3 is 2.78 bits per heavy atom. The van der Waals surface area contributed by atoms with Crippen molar-refractivity contribution in [2.24, 2.45) is 4.99 Å². The molecule has 0 bridgehead atoms. The lowest BCUT2D eigenvalue weighted by Crippen LogP contribution is -2.54. The van der Waals surface area contributed by atoms with Gasteiger partial charge >= 0.3 is 0 Å². The Kier molecular flexibility index (Phi) is 8.51. The Labute approximate surface area is 208 Å². The van der Waals surface area contributed by atoms with Crippen molar-refractivity contribution >= 4 is 47.4 Å². The lowest BCUT2D eigenvalue weighted by Gasteiger charge is -2.36. The summed E-state index contributed by atoms with van der Waals surface area (Å²) < 4.78 is 5.31. The number of H-pyrrole nitrogens is 1. The van der Waals surface area contributed by atoms with Gasteiger partial charge in [0, 0.05) is 31.2 Å². The first-order valence-corrected chi connectivity index (χ1v) is 10.5. The number of carbonyl (C=O) groups is 1. The maximum Gasteiger partial charge on any atom is 0.242 e. The molecule has 0 radical (unpaired) electrons. The first-order valence-electron chi connectivity index (χ1n) is 10.1. The van der Waals surface area contributed by atoms with Crippen LogP contribution in [0.4, 0.5) is 0 Å². The molecule has 3 heterocycles. The minimum absolute atomic E-state index is 0. The Bertz CT molecular complexity index is 1040. The van der Waals surface area contributed by atoms with Crippen molar-refractivity contribution in [3.05, 3.63) is 59.1 Å². The molecule has 0 saturated carbocycles. The van der Waals surface area contributed by atoms with Gasteiger partial charge in [0.1, 0.15) is 12.4 Å². The lowest BCUT2D eigenvalue weighted by molar-refractivity contribution is -0.135. The molecule has 2 N–H and O–H groups in total. The number of halogens is 2. The summed E-state index contributed by atoms with van der Waals surface area (Å²) in [7, 11) is 0. The highest BCUT2D eigenvalue weighted by Crippen LogP contribution is 2.15. The third kappa shape index (κ3) is 6.00. The fourth-order valence-corrected chi connectivity index (χ4v) is 3.45. The molecule has 9 nitrogen and oxygen atoms in total. The lowest BCUT2D eigenvalue weighted by atomic mass is 10.2. The maximum absolute atomic E-state index is 12.7. The Balaban J connectivity index is 0.00000289. The molecule has 1 aliphatic rings. The molecule has 32 heavy (non-hydrogen) atoms. The summed E-state index contributed by atoms with van der Waals surface area (Å²) in [5.41, 5.74) is 1.06. The Morgan fingerprint density at radius 1 is 1.28 bits per heavy atom. The second kappa shape index (κ2) is 11.3. The molecule has 0 atom stereocenters. The van der Waals surface area contributed by atoms with Gasteiger partial charge in [-0.25, -0.2) is 9.98 Å². The van der Waals surface area contributed by atoms with Crippen LogP contribution in [0.3, 0.4) is 0 Å². The zero-order valence-electron chi connectivity index (χ0n) is 17.6. The van der Waals surface area contributed by atoms with Crippen LogP contribution in [0.5, 0.6) is 0 Å². The standard InChI is InChI=1S/C21H24ClN7O2.HI/c1-2-23-21(24-12-18-25-20(27-26-18)17-4-3-11-31-17)29-10-9-28(19(30)14-29)13-15-5-7-16(22)8-6-15;/h3-8,11H,2,9-10,12-14H2,1H3,(H,23,24)(H,25,26,27);1H. The summed E-state index contributed by atoms with van der Waals surface area (Å²) >= 11 is 5.95. The molecular formula is C21H25ClIN7O2. The first kappa shape index (κ1) is 24.1. The third-order valence-electron chi connectivity index (χ3n) is 4.89. The fourth-order valence-electron chi connectivity index (χ4n) is 3.32. The molecule has 1 saturated heterocycles. The van der Waals surface area contributed by atoms with E-state index in [1.54, 1.807) is 18.4 Å². The van der Waals surface area contributed by atoms with Crippen molar-refractivity contribution in [3.63, 3.8) is 0 Å². The molecule has 170 valence electrons. The molecule has 1 amide bonds. The SMILES string of the molecule is CCNC(=NCc1nc(-c2ccco2)n[nH]1)N1CCN(Cc2ccc(Cl)cc2)C(=O)C1.I. The number of nitrogens with zero attached hydrogens (tertiary/aromatic N) is 5. The van der Waals surface area contributed by atoms with E-state index in [2.05, 4.69) is 25.5 Å². The zero-order chi connectivity index (χ0) is 21.6. The third-order valence-corrected chi connectivity index (χ3v) is 5.14. The number of carbonyl (C=O) groups excluding carboxylic acids is 1. The van der Waals surface area contributed by atoms with Crippen molar-refractivity contribution in [2.45, 2.75) is 20.0 Å². The molecule has 4 rings (SSSR count). The number of aromatic nitrogens is 3. The van der Waals surface area contributed by atoms with Gasteiger partial charge in [-0.1, -0.05) is 23.7 Å². The van der Waals surface area contributed by atoms with E-state index in [1.165, 1.54) is 0 Å². The second-order valence-electron chi connectivity index (χ2n) is 7.12. The topological polar surface area (TPSA) is 103 Å². The number of nitrogens with one attached hydrogen (secondary N) is 2. The highest BCUT2D eigenvalue weighted by molar-refractivity contribution is 14.0. The average molecular weight is 570 g/mol. The van der Waals surface area contributed by atoms with Crippen LogP contribution in [-0.2, 0) is 17.9 Å². The van der Waals surface area contributed by atoms with E-state index in [9.17, 15) is 4.79 Å². The molecule has 0 spiro atoms. The van der Waals surface area contributed by atoms with E-state index in [0.717, 1.165) is 5.56 Å². The first-order chi connectivity index (χ1) is 15.1. The predicted octanol–water partition coefficient (Wildman–Crippen LogP) is 3.15. The van der Waals surface area contributed by atoms with Gasteiger partial charge in [0.25, 0.3) is 0 Å². The van der Waals surface area contributed by atoms with Crippen LogP contribution in [0, 0.1) is 0 Å². The van der Waals surface area contributed by atoms with E-state index in [0.29, 0.717) is 61.1 Å². The van der Waals surface area contributed by atoms with Crippen LogP contribution in [0.2, 0.25) is 5.02 Å². The average Bonchev–Trinajstić information content (AvgIpc) is 3.46. The molecule has 0 unspecified atom stereocenters. The number of aromatic amines is 1. The molecule has 1 aliphatic heterocycles. The molecule has 3 aromatic rings. The number of benzene rings is 1. The van der Waals surface area contributed by atoms with Crippen LogP contribution >= 0.6 is 35.6 Å². The Hall–Kier alpha value is -2.60. The summed E-state index contributed by atoms with van der Waals surface area (Å²) in [5, 5.41) is 11.0. The highest BCUT2D eigenvalue weighted by Gasteiger charge is 2.26. The van der Waals surface area contributed by atoms with Crippen LogP contribution in [-0.4, -0.2) is 63.0 Å². The number of amides is 1. The van der Waals surface area contributed by atoms with Crippen molar-refractivity contribution < 1.29 is 9.21 Å². The summed E-state index contributed by atoms with van der Waals surface area (Å²) in [6.45, 7) is 5.17. The predicted molar refractivity (Wildman–Crippen MR) is 133 cm³/mol. The number of hydrogen-bond acceptors (Lipinski definition) is 5. The monoisotopic (exact) mass is 569 g/mol. The number of hydrogen-bond donors (Lipinski definition) is 2. The van der Waals surface area contributed by atoms with Gasteiger partial charge in [-0.15, -0.1) is 29.1 Å². The van der Waals surface area contributed by atoms with Crippen LogP contribution in [0.15, 0.2) is 52.1 Å². The quantitative estimate of drug-likeness (QED) is 0.269. The summed E-state index contributed by atoms with van der Waals surface area (Å²) in [6, 6.07) is 11.2. The van der Waals surface area contributed by atoms with Crippen LogP contribution < -0.4 is 5.32 Å². The molecule has 2 aromatic heterocycles. The highest BCUT2D eigenvalue weighted by atomic mass is 127. The molecular weight excluding hydrogens is 545 g/mol. The summed E-state index contributed by atoms with van der Waals surface area (Å²) in [4.78, 5) is 25.6. The van der Waals surface area contributed by atoms with Gasteiger partial charge in [0.15, 0.2) is 11.7 Å². The number of rotatable bonds is 6. The van der Waals surface area contributed by atoms with Crippen molar-refractivity contribution in [1.29, 1.82) is 0 Å². The minimum Gasteiger partial charge on any atom is -0.461 e. The summed E-state index contributed by atoms with van der Waals surface area (Å²) in [5.74, 6) is 2.45. The molecule has 1 aromatic carbocycles. The molecule has 1 fully saturated rings. The fraction of sp³-hybridized carbons (Fsp3) is 0.333. The van der Waals surface area contributed by atoms with E-state index >= 15 is 0 Å². The van der Waals surface area contributed by atoms with E-state index < -0.39 is 0 Å². The van der Waals surface area contributed by atoms with Gasteiger partial charge in [-0.2, -0.15) is 0 Å². The Morgan fingerprint density at radius 2 is 2.09 bits per heavy atom. The van der Waals surface area contributed by atoms with Gasteiger partial charge < -0.3 is 19.5 Å². The van der Waals surface area contributed by atoms with Crippen LogP contribution in [0.1, 0.15) is 18.3 Å².